The van der Waals surface area contributed by atoms with Crippen molar-refractivity contribution in [1.29, 1.82) is 0 Å². The molecule has 5 N–H and O–H groups in total. The van der Waals surface area contributed by atoms with Gasteiger partial charge in [0.05, 0.1) is 56.2 Å². The number of likely N-dealkylation sites (N-methyl/N-ethyl adjacent to an activating group) is 1. The number of anilines is 3. The highest BCUT2D eigenvalue weighted by molar-refractivity contribution is 7.10. The molecule has 0 radical (unpaired) electrons. The number of nitrogens with one attached hydrogen (secondary N) is 5. The Kier molecular flexibility index (Phi) is 21.5. The maximum atomic E-state index is 15.8. The van der Waals surface area contributed by atoms with Gasteiger partial charge in [0.15, 0.2) is 0 Å². The third-order valence-electron chi connectivity index (χ3n) is 20.4. The molecule has 2 aromatic heterocycles. The molecule has 494 valence electrons. The predicted octanol–water partition coefficient (Wildman–Crippen LogP) is 6.40. The summed E-state index contributed by atoms with van der Waals surface area (Å²) in [6.07, 6.45) is 13.6. The lowest BCUT2D eigenvalue weighted by Crippen LogP contribution is -2.66. The number of nitrogens with zero attached hydrogens (tertiary/aromatic N) is 9. The molecule has 0 unspecified atom stereocenters. The number of ether oxygens (including phenoxy) is 2. The van der Waals surface area contributed by atoms with E-state index in [9.17, 15) is 24.0 Å². The molecule has 7 fully saturated rings. The average molecular weight is 1280 g/mol. The molecule has 21 nitrogen and oxygen atoms in total. The highest BCUT2D eigenvalue weighted by atomic mass is 32.1. The molecular weight excluding hydrogens is 1180 g/mol. The van der Waals surface area contributed by atoms with E-state index < -0.39 is 29.3 Å². The summed E-state index contributed by atoms with van der Waals surface area (Å²) >= 11 is 1.39. The second kappa shape index (κ2) is 29.7. The second-order valence-electron chi connectivity index (χ2n) is 27.5. The monoisotopic (exact) mass is 1280 g/mol. The Hall–Kier alpha value is -6.44. The number of carbonyl (C=O) groups excluding carboxylic acids is 5. The molecule has 8 heterocycles. The highest BCUT2D eigenvalue weighted by Crippen LogP contribution is 2.41. The third kappa shape index (κ3) is 16.7. The number of ketones is 1. The first-order valence-corrected chi connectivity index (χ1v) is 34.2. The first-order valence-electron chi connectivity index (χ1n) is 33.3. The zero-order valence-corrected chi connectivity index (χ0v) is 54.5. The molecule has 2 spiro atoms. The minimum atomic E-state index is -0.595. The van der Waals surface area contributed by atoms with Crippen LogP contribution in [0, 0.1) is 28.4 Å². The van der Waals surface area contributed by atoms with Gasteiger partial charge in [0.2, 0.25) is 29.4 Å². The van der Waals surface area contributed by atoms with Gasteiger partial charge in [0.25, 0.3) is 0 Å². The molecule has 4 atom stereocenters. The van der Waals surface area contributed by atoms with Crippen LogP contribution in [0.25, 0.3) is 0 Å². The molecule has 11 rings (SSSR count). The highest BCUT2D eigenvalue weighted by Gasteiger charge is 2.45. The maximum absolute atomic E-state index is 15.8. The summed E-state index contributed by atoms with van der Waals surface area (Å²) < 4.78 is 43.4. The fraction of sp³-hybridized carbons (Fsp3) is 0.642. The first kappa shape index (κ1) is 66.0. The normalized spacial score (nSPS) is 22.9. The van der Waals surface area contributed by atoms with E-state index >= 15 is 8.78 Å². The number of halogens is 2. The van der Waals surface area contributed by atoms with Crippen molar-refractivity contribution >= 4 is 58.1 Å². The topological polar surface area (TPSA) is 222 Å². The zero-order valence-electron chi connectivity index (χ0n) is 53.7. The number of aromatic nitrogens is 3. The molecular formula is C67H94F2N14O7S. The van der Waals surface area contributed by atoms with Gasteiger partial charge in [-0.15, -0.1) is 11.3 Å². The zero-order chi connectivity index (χ0) is 63.7. The van der Waals surface area contributed by atoms with E-state index in [0.29, 0.717) is 107 Å². The maximum Gasteiger partial charge on any atom is 0.246 e. The molecule has 4 amide bonds. The molecule has 6 saturated heterocycles. The van der Waals surface area contributed by atoms with Gasteiger partial charge in [0, 0.05) is 87.5 Å². The van der Waals surface area contributed by atoms with Crippen molar-refractivity contribution in [2.75, 3.05) is 140 Å². The van der Waals surface area contributed by atoms with Gasteiger partial charge in [0.1, 0.15) is 58.7 Å². The van der Waals surface area contributed by atoms with Crippen LogP contribution in [0.15, 0.2) is 54.2 Å². The van der Waals surface area contributed by atoms with E-state index in [1.165, 1.54) is 23.5 Å². The number of hydrogen-bond acceptors (Lipinski definition) is 18. The molecule has 91 heavy (non-hydrogen) atoms. The van der Waals surface area contributed by atoms with Crippen LogP contribution in [-0.2, 0) is 30.5 Å². The number of hydrogen-bond donors (Lipinski definition) is 5. The van der Waals surface area contributed by atoms with Crippen LogP contribution in [0.4, 0.5) is 26.1 Å². The second-order valence-corrected chi connectivity index (χ2v) is 28.4. The van der Waals surface area contributed by atoms with Crippen LogP contribution in [0.3, 0.4) is 0 Å². The Balaban J connectivity index is 0.555. The van der Waals surface area contributed by atoms with Gasteiger partial charge in [-0.3, -0.25) is 33.8 Å². The largest absolute Gasteiger partial charge is 0.492 e. The van der Waals surface area contributed by atoms with Crippen molar-refractivity contribution in [3.8, 4) is 5.75 Å². The summed E-state index contributed by atoms with van der Waals surface area (Å²) in [5.41, 5.74) is 1.08. The summed E-state index contributed by atoms with van der Waals surface area (Å²) in [4.78, 5) is 93.8. The molecule has 24 heteroatoms. The molecule has 4 aromatic rings. The van der Waals surface area contributed by atoms with Crippen LogP contribution in [0.2, 0.25) is 0 Å². The summed E-state index contributed by atoms with van der Waals surface area (Å²) in [7, 11) is 1.74. The van der Waals surface area contributed by atoms with Crippen molar-refractivity contribution < 1.29 is 42.2 Å². The quantitative estimate of drug-likeness (QED) is 0.0358. The van der Waals surface area contributed by atoms with Gasteiger partial charge < -0.3 is 55.7 Å². The lowest BCUT2D eigenvalue weighted by molar-refractivity contribution is -0.139. The van der Waals surface area contributed by atoms with E-state index in [1.807, 2.05) is 11.0 Å². The smallest absolute Gasteiger partial charge is 0.246 e. The van der Waals surface area contributed by atoms with Gasteiger partial charge in [-0.25, -0.2) is 23.7 Å². The molecule has 7 aliphatic rings. The van der Waals surface area contributed by atoms with Crippen molar-refractivity contribution in [3.63, 3.8) is 0 Å². The Morgan fingerprint density at radius 2 is 1.57 bits per heavy atom. The van der Waals surface area contributed by atoms with Gasteiger partial charge >= 0.3 is 0 Å². The number of amides is 4. The van der Waals surface area contributed by atoms with Crippen LogP contribution in [0.1, 0.15) is 137 Å². The van der Waals surface area contributed by atoms with E-state index in [1.54, 1.807) is 54.8 Å². The molecule has 6 aliphatic heterocycles. The standard InChI is InChI=1S/C67H94F2N14O7S/c1-46(70-4)62(87)76-60(47-10-6-5-7-11-47)64(88)83-23-9-14-54(83)63-75-53(41-91-63)61(86)48-12-8-13-50(34-48)90-32-22-72-58(84)39-80-27-18-66(43-80)17-26-79(42-66)30-33-89-31-21-71-56-37-57(74-45-73-56)81-28-19-67(20-29-81)44-82(40-59(85)77-67)55-36-51(68)49(35-52(55)69)38-78-24-15-65(2,3)16-25-78/h8,12-13,34-37,41,45-47,54,60,70H,5-7,9-11,14-33,38-40,42-44H2,1-4H3,(H,72,84)(H,76,87)(H,77,85)(H,71,73,74)/t46-,54-,60-,66+/m0/s1. The van der Waals surface area contributed by atoms with E-state index in [4.69, 9.17) is 14.5 Å². The van der Waals surface area contributed by atoms with Crippen LogP contribution in [0.5, 0.6) is 5.75 Å². The van der Waals surface area contributed by atoms with Crippen molar-refractivity contribution in [1.82, 2.24) is 55.8 Å². The van der Waals surface area contributed by atoms with Crippen molar-refractivity contribution in [3.05, 3.63) is 87.6 Å². The van der Waals surface area contributed by atoms with Crippen molar-refractivity contribution in [2.24, 2.45) is 16.7 Å². The molecule has 1 aliphatic carbocycles. The average Bonchev–Trinajstić information content (AvgIpc) is 1.49. The fourth-order valence-electron chi connectivity index (χ4n) is 14.7. The third-order valence-corrected chi connectivity index (χ3v) is 21.3. The van der Waals surface area contributed by atoms with E-state index in [0.717, 1.165) is 127 Å². The predicted molar refractivity (Wildman–Crippen MR) is 346 cm³/mol. The Bertz CT molecular complexity index is 3190. The lowest BCUT2D eigenvalue weighted by atomic mass is 9.82. The number of likely N-dealkylation sites (tertiary alicyclic amines) is 4. The van der Waals surface area contributed by atoms with Gasteiger partial charge in [-0.1, -0.05) is 45.2 Å². The Morgan fingerprint density at radius 1 is 0.802 bits per heavy atom. The number of rotatable bonds is 25. The summed E-state index contributed by atoms with van der Waals surface area (Å²) in [5, 5.41) is 18.2. The summed E-state index contributed by atoms with van der Waals surface area (Å²) in [5.74, 6) is 0.386. The van der Waals surface area contributed by atoms with Crippen LogP contribution >= 0.6 is 11.3 Å². The number of benzene rings is 2. The Labute approximate surface area is 538 Å². The van der Waals surface area contributed by atoms with Crippen LogP contribution < -0.4 is 41.1 Å². The summed E-state index contributed by atoms with van der Waals surface area (Å²) in [6.45, 7) is 17.7. The van der Waals surface area contributed by atoms with Crippen LogP contribution in [-0.4, -0.2) is 207 Å². The van der Waals surface area contributed by atoms with E-state index in [-0.39, 0.29) is 71.0 Å². The van der Waals surface area contributed by atoms with Gasteiger partial charge in [-0.05, 0) is 139 Å². The molecule has 0 bridgehead atoms. The number of piperidine rings is 2. The minimum absolute atomic E-state index is 0.0292. The summed E-state index contributed by atoms with van der Waals surface area (Å²) in [6, 6.07) is 10.2. The number of piperazine rings is 1. The van der Waals surface area contributed by atoms with Gasteiger partial charge in [-0.2, -0.15) is 0 Å². The lowest BCUT2D eigenvalue weighted by Gasteiger charge is -2.48. The van der Waals surface area contributed by atoms with Crippen molar-refractivity contribution in [2.45, 2.75) is 134 Å². The minimum Gasteiger partial charge on any atom is -0.492 e. The number of thiazole rings is 1. The molecule has 1 saturated carbocycles. The number of carbonyl (C=O) groups is 5. The fourth-order valence-corrected chi connectivity index (χ4v) is 15.7. The SMILES string of the molecule is CN[C@@H](C)C(=O)N[C@H](C(=O)N1CCC[C@H]1c1nc(C(=O)c2cccc(OCCNC(=O)CN3CC[C@@]4(CCN(CCOCCNc5cc(N6CCC7(CC6)CN(c6cc(F)c(CN8CCC(C)(C)CC8)cc6F)CC(=O)N7)ncn5)C4)C3)c2)cs1)C1CCCCC1. The first-order chi connectivity index (χ1) is 43.9. The van der Waals surface area contributed by atoms with E-state index in [2.05, 4.69) is 70.0 Å². The molecule has 2 aromatic carbocycles. The Morgan fingerprint density at radius 3 is 2.36 bits per heavy atom.